The highest BCUT2D eigenvalue weighted by Crippen LogP contribution is 2.25. The van der Waals surface area contributed by atoms with E-state index in [0.717, 1.165) is 27.8 Å². The van der Waals surface area contributed by atoms with E-state index in [2.05, 4.69) is 20.6 Å². The Bertz CT molecular complexity index is 1480. The van der Waals surface area contributed by atoms with Crippen LogP contribution < -0.4 is 20.5 Å². The summed E-state index contributed by atoms with van der Waals surface area (Å²) in [6.07, 6.45) is 0.563. The number of sulfonamides is 1. The summed E-state index contributed by atoms with van der Waals surface area (Å²) in [5.41, 5.74) is 2.77. The molecule has 0 bridgehead atoms. The van der Waals surface area contributed by atoms with Gasteiger partial charge in [-0.1, -0.05) is 48.2 Å². The molecule has 11 heteroatoms. The van der Waals surface area contributed by atoms with E-state index in [0.29, 0.717) is 30.5 Å². The van der Waals surface area contributed by atoms with Crippen molar-refractivity contribution < 1.29 is 17.9 Å². The third-order valence-electron chi connectivity index (χ3n) is 5.52. The number of carbonyl (C=O) groups is 1. The Labute approximate surface area is 219 Å². The number of amides is 1. The largest absolute Gasteiger partial charge is 0.497 e. The van der Waals surface area contributed by atoms with Crippen molar-refractivity contribution >= 4 is 44.4 Å². The van der Waals surface area contributed by atoms with E-state index in [9.17, 15) is 13.2 Å². The number of thioether (sulfide) groups is 1. The van der Waals surface area contributed by atoms with Crippen LogP contribution in [0.1, 0.15) is 11.1 Å². The minimum Gasteiger partial charge on any atom is -0.497 e. The zero-order valence-corrected chi connectivity index (χ0v) is 21.8. The highest BCUT2D eigenvalue weighted by Gasteiger charge is 2.11. The second-order valence-electron chi connectivity index (χ2n) is 8.15. The number of ether oxygens (including phenoxy) is 1. The molecular weight excluding hydrogens is 510 g/mol. The first-order chi connectivity index (χ1) is 17.8. The molecule has 0 fully saturated rings. The van der Waals surface area contributed by atoms with Gasteiger partial charge in [0.15, 0.2) is 5.16 Å². The molecule has 0 aliphatic rings. The number of primary sulfonamides is 1. The fraction of sp³-hybridized carbons (Fsp3) is 0.192. The fourth-order valence-electron chi connectivity index (χ4n) is 3.56. The number of nitrogens with one attached hydrogen (secondary N) is 2. The predicted molar refractivity (Wildman–Crippen MR) is 145 cm³/mol. The van der Waals surface area contributed by atoms with E-state index in [1.165, 1.54) is 23.9 Å². The van der Waals surface area contributed by atoms with Crippen molar-refractivity contribution in [2.75, 3.05) is 24.7 Å². The molecule has 1 heterocycles. The average molecular weight is 538 g/mol. The molecule has 0 aliphatic carbocycles. The number of methoxy groups -OCH3 is 1. The summed E-state index contributed by atoms with van der Waals surface area (Å²) in [6.45, 7) is 0.995. The van der Waals surface area contributed by atoms with Crippen LogP contribution in [0.3, 0.4) is 0 Å². The van der Waals surface area contributed by atoms with Gasteiger partial charge in [0.05, 0.1) is 23.3 Å². The zero-order chi connectivity index (χ0) is 26.3. The molecule has 0 saturated heterocycles. The van der Waals surface area contributed by atoms with Crippen LogP contribution in [0.15, 0.2) is 82.8 Å². The smallest absolute Gasteiger partial charge is 0.238 e. The number of hydrogen-bond donors (Lipinski definition) is 3. The van der Waals surface area contributed by atoms with Crippen LogP contribution in [-0.2, 0) is 27.8 Å². The van der Waals surface area contributed by atoms with Gasteiger partial charge in [-0.05, 0) is 53.9 Å². The molecule has 37 heavy (non-hydrogen) atoms. The summed E-state index contributed by atoms with van der Waals surface area (Å²) < 4.78 is 27.9. The summed E-state index contributed by atoms with van der Waals surface area (Å²) in [5.74, 6) is 1.52. The Hall–Kier alpha value is -3.67. The van der Waals surface area contributed by atoms with Gasteiger partial charge in [-0.15, -0.1) is 0 Å². The maximum absolute atomic E-state index is 12.4. The third kappa shape index (κ3) is 7.42. The molecule has 1 amide bonds. The van der Waals surface area contributed by atoms with Gasteiger partial charge in [-0.2, -0.15) is 0 Å². The van der Waals surface area contributed by atoms with Crippen LogP contribution in [-0.4, -0.2) is 43.7 Å². The van der Waals surface area contributed by atoms with E-state index in [1.54, 1.807) is 19.2 Å². The molecule has 4 aromatic rings. The minimum atomic E-state index is -3.72. The number of carbonyl (C=O) groups excluding carboxylic acids is 1. The molecule has 0 aliphatic heterocycles. The van der Waals surface area contributed by atoms with Gasteiger partial charge in [-0.3, -0.25) is 4.79 Å². The highest BCUT2D eigenvalue weighted by molar-refractivity contribution is 7.99. The number of para-hydroxylation sites is 1. The number of anilines is 1. The molecule has 0 spiro atoms. The standard InChI is InChI=1S/C26H27N5O4S2/c1-35-20-10-6-19(7-11-20)16-29-25-22-4-2-3-5-23(22)30-26(31-25)36-17-24(32)28-15-14-18-8-12-21(13-9-18)37(27,33)34/h2-13H,14-17H2,1H3,(H,28,32)(H2,27,33,34)(H,29,30,31). The maximum atomic E-state index is 12.4. The van der Waals surface area contributed by atoms with Crippen molar-refractivity contribution in [3.8, 4) is 5.75 Å². The molecular formula is C26H27N5O4S2. The normalized spacial score (nSPS) is 11.3. The number of nitrogens with zero attached hydrogens (tertiary/aromatic N) is 2. The first-order valence-corrected chi connectivity index (χ1v) is 14.0. The molecule has 0 radical (unpaired) electrons. The lowest BCUT2D eigenvalue weighted by Gasteiger charge is -2.11. The predicted octanol–water partition coefficient (Wildman–Crippen LogP) is 3.35. The van der Waals surface area contributed by atoms with Gasteiger partial charge in [0.1, 0.15) is 11.6 Å². The number of benzene rings is 3. The number of rotatable bonds is 11. The number of nitrogens with two attached hydrogens (primary N) is 1. The monoisotopic (exact) mass is 537 g/mol. The van der Waals surface area contributed by atoms with Crippen molar-refractivity contribution in [3.63, 3.8) is 0 Å². The number of hydrogen-bond acceptors (Lipinski definition) is 8. The lowest BCUT2D eigenvalue weighted by Crippen LogP contribution is -2.27. The van der Waals surface area contributed by atoms with Crippen molar-refractivity contribution in [1.29, 1.82) is 0 Å². The summed E-state index contributed by atoms with van der Waals surface area (Å²) in [7, 11) is -2.08. The number of aromatic nitrogens is 2. The summed E-state index contributed by atoms with van der Waals surface area (Å²) in [4.78, 5) is 21.7. The molecule has 4 rings (SSSR count). The zero-order valence-electron chi connectivity index (χ0n) is 20.2. The molecule has 3 aromatic carbocycles. The van der Waals surface area contributed by atoms with Crippen molar-refractivity contribution in [2.45, 2.75) is 23.0 Å². The first-order valence-electron chi connectivity index (χ1n) is 11.5. The first kappa shape index (κ1) is 26.4. The lowest BCUT2D eigenvalue weighted by atomic mass is 10.1. The van der Waals surface area contributed by atoms with Crippen LogP contribution in [0.25, 0.3) is 10.9 Å². The molecule has 0 saturated carbocycles. The van der Waals surface area contributed by atoms with Crippen molar-refractivity contribution in [1.82, 2.24) is 15.3 Å². The second-order valence-corrected chi connectivity index (χ2v) is 10.7. The van der Waals surface area contributed by atoms with E-state index in [4.69, 9.17) is 9.88 Å². The Morgan fingerprint density at radius 2 is 1.68 bits per heavy atom. The quantitative estimate of drug-likeness (QED) is 0.196. The fourth-order valence-corrected chi connectivity index (χ4v) is 4.75. The average Bonchev–Trinajstić information content (AvgIpc) is 2.90. The second kappa shape index (κ2) is 12.0. The molecule has 0 atom stereocenters. The summed E-state index contributed by atoms with van der Waals surface area (Å²) in [5, 5.41) is 12.8. The van der Waals surface area contributed by atoms with Crippen LogP contribution >= 0.6 is 11.8 Å². The Morgan fingerprint density at radius 3 is 2.38 bits per heavy atom. The van der Waals surface area contributed by atoms with Gasteiger partial charge >= 0.3 is 0 Å². The van der Waals surface area contributed by atoms with E-state index in [1.807, 2.05) is 48.5 Å². The van der Waals surface area contributed by atoms with Crippen LogP contribution in [0.4, 0.5) is 5.82 Å². The third-order valence-corrected chi connectivity index (χ3v) is 7.30. The van der Waals surface area contributed by atoms with Crippen molar-refractivity contribution in [3.05, 3.63) is 83.9 Å². The Morgan fingerprint density at radius 1 is 0.973 bits per heavy atom. The van der Waals surface area contributed by atoms with Crippen molar-refractivity contribution in [2.24, 2.45) is 5.14 Å². The van der Waals surface area contributed by atoms with Gasteiger partial charge < -0.3 is 15.4 Å². The number of fused-ring (bicyclic) bond motifs is 1. The summed E-state index contributed by atoms with van der Waals surface area (Å²) in [6, 6.07) is 21.8. The Balaban J connectivity index is 1.33. The molecule has 0 unspecified atom stereocenters. The van der Waals surface area contributed by atoms with Crippen LogP contribution in [0, 0.1) is 0 Å². The van der Waals surface area contributed by atoms with Crippen LogP contribution in [0.5, 0.6) is 5.75 Å². The Kier molecular flexibility index (Phi) is 8.59. The topological polar surface area (TPSA) is 136 Å². The van der Waals surface area contributed by atoms with E-state index >= 15 is 0 Å². The van der Waals surface area contributed by atoms with E-state index < -0.39 is 10.0 Å². The van der Waals surface area contributed by atoms with Gasteiger partial charge in [0, 0.05) is 18.5 Å². The lowest BCUT2D eigenvalue weighted by molar-refractivity contribution is -0.118. The summed E-state index contributed by atoms with van der Waals surface area (Å²) >= 11 is 1.26. The van der Waals surface area contributed by atoms with Gasteiger partial charge in [0.2, 0.25) is 15.9 Å². The molecule has 4 N–H and O–H groups in total. The molecule has 9 nitrogen and oxygen atoms in total. The highest BCUT2D eigenvalue weighted by atomic mass is 32.2. The van der Waals surface area contributed by atoms with E-state index in [-0.39, 0.29) is 16.6 Å². The molecule has 1 aromatic heterocycles. The van der Waals surface area contributed by atoms with Gasteiger partial charge in [0.25, 0.3) is 0 Å². The maximum Gasteiger partial charge on any atom is 0.238 e. The van der Waals surface area contributed by atoms with Crippen LogP contribution in [0.2, 0.25) is 0 Å². The van der Waals surface area contributed by atoms with Gasteiger partial charge in [-0.25, -0.2) is 23.5 Å². The minimum absolute atomic E-state index is 0.0601. The SMILES string of the molecule is COc1ccc(CNc2nc(SCC(=O)NCCc3ccc(S(N)(=O)=O)cc3)nc3ccccc23)cc1. The molecule has 192 valence electrons.